The summed E-state index contributed by atoms with van der Waals surface area (Å²) in [5.74, 6) is -10.3. The number of nitrogen functional groups attached to an aromatic ring is 1. The van der Waals surface area contributed by atoms with Crippen molar-refractivity contribution in [3.8, 4) is 0 Å². The molecule has 372 valence electrons. The van der Waals surface area contributed by atoms with Gasteiger partial charge in [0, 0.05) is 39.0 Å². The van der Waals surface area contributed by atoms with Crippen LogP contribution in [0.3, 0.4) is 0 Å². The first-order valence-corrected chi connectivity index (χ1v) is 21.6. The number of carbonyl (C=O) groups is 12. The van der Waals surface area contributed by atoms with E-state index < -0.39 is 139 Å². The molecule has 0 saturated heterocycles. The number of amides is 12. The van der Waals surface area contributed by atoms with Gasteiger partial charge in [0.05, 0.1) is 19.5 Å². The summed E-state index contributed by atoms with van der Waals surface area (Å²) in [6.07, 6.45) is -1.54. The predicted molar refractivity (Wildman–Crippen MR) is 241 cm³/mol. The molecule has 0 saturated carbocycles. The zero-order chi connectivity index (χ0) is 51.0. The lowest BCUT2D eigenvalue weighted by molar-refractivity contribution is -0.140. The Kier molecular flexibility index (Phi) is 25.2. The summed E-state index contributed by atoms with van der Waals surface area (Å²) in [7, 11) is 2.53. The van der Waals surface area contributed by atoms with Crippen molar-refractivity contribution >= 4 is 77.1 Å². The summed E-state index contributed by atoms with van der Waals surface area (Å²) < 4.78 is 0. The summed E-state index contributed by atoms with van der Waals surface area (Å²) >= 11 is 0. The number of anilines is 1. The Morgan fingerprint density at radius 2 is 1.22 bits per heavy atom. The maximum Gasteiger partial charge on any atom is 0.245 e. The Hall–Kier alpha value is -7.34. The third-order valence-electron chi connectivity index (χ3n) is 10.3. The summed E-state index contributed by atoms with van der Waals surface area (Å²) in [6, 6.07) is -2.01. The highest BCUT2D eigenvalue weighted by Gasteiger charge is 2.35. The Labute approximate surface area is 388 Å². The second-order valence-electron chi connectivity index (χ2n) is 16.4. The van der Waals surface area contributed by atoms with Gasteiger partial charge in [0.1, 0.15) is 36.3 Å². The van der Waals surface area contributed by atoms with Crippen LogP contribution in [0.2, 0.25) is 0 Å². The SMILES string of the molecule is CCC(C)C(NC(=O)C(Cc1ccc(N)cc1)NC=O)C(=O)NC(CCC(N)=O)C(=O)NC(CC(N)=O)C(=O)NC(CCC(=O)NC)C(=O)N(C)CC(=O)NC(CC(C)C)C(=O)NCC(N)=O. The van der Waals surface area contributed by atoms with Crippen LogP contribution in [0, 0.1) is 11.8 Å². The molecule has 25 heteroatoms. The molecule has 1 rings (SSSR count). The predicted octanol–water partition coefficient (Wildman–Crippen LogP) is -4.83. The first-order chi connectivity index (χ1) is 31.4. The van der Waals surface area contributed by atoms with Gasteiger partial charge in [-0.25, -0.2) is 0 Å². The summed E-state index contributed by atoms with van der Waals surface area (Å²) in [5, 5.41) is 19.4. The number of nitrogens with zero attached hydrogens (tertiary/aromatic N) is 1. The average Bonchev–Trinajstić information content (AvgIpc) is 3.25. The maximum atomic E-state index is 13.9. The van der Waals surface area contributed by atoms with E-state index in [0.29, 0.717) is 24.1 Å². The molecule has 25 nitrogen and oxygen atoms in total. The standard InChI is InChI=1S/C42H67N13O12/c1-7-23(4)36(54-39(64)28(49-21-56)17-24-8-10-25(43)11-9-24)41(66)51-26(12-14-31(44)57)38(63)53-30(18-32(45)58)40(65)52-27(13-15-34(60)47-5)42(67)55(6)20-35(61)50-29(16-22(2)3)37(62)48-19-33(46)59/h8-11,21-23,26-30,36H,7,12-20,43H2,1-6H3,(H2,44,57)(H2,45,58)(H2,46,59)(H,47,60)(H,48,62)(H,49,56)(H,50,61)(H,51,66)(H,52,65)(H,53,63)(H,54,64). The van der Waals surface area contributed by atoms with Gasteiger partial charge >= 0.3 is 0 Å². The van der Waals surface area contributed by atoms with Crippen LogP contribution < -0.4 is 65.5 Å². The lowest BCUT2D eigenvalue weighted by atomic mass is 9.96. The number of nitrogens with one attached hydrogen (secondary N) is 8. The third-order valence-corrected chi connectivity index (χ3v) is 10.3. The van der Waals surface area contributed by atoms with Gasteiger partial charge in [-0.1, -0.05) is 46.2 Å². The summed E-state index contributed by atoms with van der Waals surface area (Å²) in [6.45, 7) is 5.80. The molecule has 0 aliphatic heterocycles. The summed E-state index contributed by atoms with van der Waals surface area (Å²) in [4.78, 5) is 155. The first-order valence-electron chi connectivity index (χ1n) is 21.6. The molecule has 67 heavy (non-hydrogen) atoms. The van der Waals surface area contributed by atoms with Crippen LogP contribution in [0.25, 0.3) is 0 Å². The van der Waals surface area contributed by atoms with Crippen LogP contribution in [-0.4, -0.2) is 140 Å². The van der Waals surface area contributed by atoms with E-state index in [1.54, 1.807) is 52.0 Å². The Bertz CT molecular complexity index is 1930. The van der Waals surface area contributed by atoms with Crippen molar-refractivity contribution < 1.29 is 57.5 Å². The largest absolute Gasteiger partial charge is 0.399 e. The van der Waals surface area contributed by atoms with E-state index in [1.165, 1.54) is 14.1 Å². The minimum absolute atomic E-state index is 0.0241. The lowest BCUT2D eigenvalue weighted by Gasteiger charge is -2.29. The second-order valence-corrected chi connectivity index (χ2v) is 16.4. The van der Waals surface area contributed by atoms with Gasteiger partial charge in [-0.05, 0) is 48.8 Å². The van der Waals surface area contributed by atoms with Gasteiger partial charge in [-0.15, -0.1) is 0 Å². The van der Waals surface area contributed by atoms with E-state index in [0.717, 1.165) is 4.90 Å². The zero-order valence-electron chi connectivity index (χ0n) is 38.7. The lowest BCUT2D eigenvalue weighted by Crippen LogP contribution is -2.60. The molecule has 0 fully saturated rings. The minimum Gasteiger partial charge on any atom is -0.399 e. The number of hydrogen-bond donors (Lipinski definition) is 12. The molecule has 12 amide bonds. The molecule has 0 bridgehead atoms. The number of primary amides is 3. The molecule has 0 aliphatic rings. The fourth-order valence-corrected chi connectivity index (χ4v) is 6.38. The molecule has 7 atom stereocenters. The highest BCUT2D eigenvalue weighted by molar-refractivity contribution is 5.98. The second kappa shape index (κ2) is 29.2. The van der Waals surface area contributed by atoms with Gasteiger partial charge < -0.3 is 70.4 Å². The van der Waals surface area contributed by atoms with Crippen molar-refractivity contribution in [3.05, 3.63) is 29.8 Å². The number of hydrogen-bond acceptors (Lipinski definition) is 13. The fraction of sp³-hybridized carbons (Fsp3) is 0.571. The molecule has 0 heterocycles. The van der Waals surface area contributed by atoms with Gasteiger partial charge in [-0.2, -0.15) is 0 Å². The van der Waals surface area contributed by atoms with E-state index in [-0.39, 0.29) is 31.6 Å². The number of nitrogens with two attached hydrogens (primary N) is 4. The van der Waals surface area contributed by atoms with E-state index in [2.05, 4.69) is 42.5 Å². The molecule has 1 aromatic rings. The Morgan fingerprint density at radius 1 is 0.657 bits per heavy atom. The van der Waals surface area contributed by atoms with Crippen LogP contribution >= 0.6 is 0 Å². The molecule has 0 spiro atoms. The van der Waals surface area contributed by atoms with Crippen molar-refractivity contribution in [2.75, 3.05) is 32.9 Å². The maximum absolute atomic E-state index is 13.9. The molecule has 1 aromatic carbocycles. The van der Waals surface area contributed by atoms with Crippen LogP contribution in [0.4, 0.5) is 5.69 Å². The van der Waals surface area contributed by atoms with Gasteiger partial charge in [0.25, 0.3) is 0 Å². The fourth-order valence-electron chi connectivity index (χ4n) is 6.38. The molecule has 7 unspecified atom stereocenters. The normalized spacial score (nSPS) is 13.9. The van der Waals surface area contributed by atoms with Crippen LogP contribution in [0.1, 0.15) is 78.2 Å². The number of carbonyl (C=O) groups excluding carboxylic acids is 12. The Morgan fingerprint density at radius 3 is 1.76 bits per heavy atom. The van der Waals surface area contributed by atoms with Crippen LogP contribution in [-0.2, 0) is 64.0 Å². The monoisotopic (exact) mass is 946 g/mol. The van der Waals surface area contributed by atoms with Gasteiger partial charge in [0.15, 0.2) is 0 Å². The van der Waals surface area contributed by atoms with Crippen molar-refractivity contribution in [2.24, 2.45) is 29.0 Å². The molecule has 0 radical (unpaired) electrons. The zero-order valence-corrected chi connectivity index (χ0v) is 38.7. The van der Waals surface area contributed by atoms with E-state index in [1.807, 2.05) is 0 Å². The molecular formula is C42H67N13O12. The van der Waals surface area contributed by atoms with Gasteiger partial charge in [0.2, 0.25) is 71.4 Å². The number of rotatable bonds is 31. The highest BCUT2D eigenvalue weighted by Crippen LogP contribution is 2.13. The molecule has 0 aliphatic carbocycles. The van der Waals surface area contributed by atoms with Crippen LogP contribution in [0.15, 0.2) is 24.3 Å². The average molecular weight is 946 g/mol. The number of likely N-dealkylation sites (N-methyl/N-ethyl adjacent to an activating group) is 1. The van der Waals surface area contributed by atoms with Crippen molar-refractivity contribution in [1.29, 1.82) is 0 Å². The Balaban J connectivity index is 3.40. The smallest absolute Gasteiger partial charge is 0.245 e. The third kappa shape index (κ3) is 21.9. The van der Waals surface area contributed by atoms with Crippen molar-refractivity contribution in [3.63, 3.8) is 0 Å². The van der Waals surface area contributed by atoms with E-state index in [4.69, 9.17) is 22.9 Å². The minimum atomic E-state index is -1.81. The van der Waals surface area contributed by atoms with Crippen molar-refractivity contribution in [2.45, 2.75) is 115 Å². The van der Waals surface area contributed by atoms with E-state index >= 15 is 0 Å². The van der Waals surface area contributed by atoms with E-state index in [9.17, 15) is 57.5 Å². The van der Waals surface area contributed by atoms with Crippen LogP contribution in [0.5, 0.6) is 0 Å². The molecular weight excluding hydrogens is 879 g/mol. The topological polar surface area (TPSA) is 408 Å². The first kappa shape index (κ1) is 57.7. The van der Waals surface area contributed by atoms with Crippen molar-refractivity contribution in [1.82, 2.24) is 47.4 Å². The molecule has 16 N–H and O–H groups in total. The number of benzene rings is 1. The quantitative estimate of drug-likeness (QED) is 0.0246. The van der Waals surface area contributed by atoms with Gasteiger partial charge in [-0.3, -0.25) is 57.5 Å². The summed E-state index contributed by atoms with van der Waals surface area (Å²) in [5.41, 5.74) is 22.8. The highest BCUT2D eigenvalue weighted by atomic mass is 16.2. The molecule has 0 aromatic heterocycles.